The second-order valence-corrected chi connectivity index (χ2v) is 6.12. The smallest absolute Gasteiger partial charge is 0.251 e. The molecule has 0 unspecified atom stereocenters. The van der Waals surface area contributed by atoms with Gasteiger partial charge in [-0.2, -0.15) is 0 Å². The molecule has 1 amide bonds. The van der Waals surface area contributed by atoms with Gasteiger partial charge in [-0.15, -0.1) is 24.0 Å². The summed E-state index contributed by atoms with van der Waals surface area (Å²) in [5, 5.41) is 6.02. The largest absolute Gasteiger partial charge is 0.357 e. The van der Waals surface area contributed by atoms with Gasteiger partial charge in [-0.1, -0.05) is 19.1 Å². The predicted octanol–water partition coefficient (Wildman–Crippen LogP) is 2.86. The maximum absolute atomic E-state index is 11.6. The van der Waals surface area contributed by atoms with Gasteiger partial charge in [-0.3, -0.25) is 4.79 Å². The van der Waals surface area contributed by atoms with Gasteiger partial charge in [0.2, 0.25) is 0 Å². The Morgan fingerprint density at radius 1 is 1.25 bits per heavy atom. The molecular weight excluding hydrogens is 415 g/mol. The van der Waals surface area contributed by atoms with Gasteiger partial charge in [0, 0.05) is 32.2 Å². The molecule has 1 aliphatic rings. The number of rotatable bonds is 4. The molecule has 5 nitrogen and oxygen atoms in total. The zero-order valence-electron chi connectivity index (χ0n) is 14.8. The van der Waals surface area contributed by atoms with Crippen LogP contribution in [-0.2, 0) is 6.54 Å². The number of carbonyl (C=O) groups excluding carboxylic acids is 1. The molecule has 0 saturated carbocycles. The lowest BCUT2D eigenvalue weighted by Gasteiger charge is -2.33. The van der Waals surface area contributed by atoms with Crippen molar-refractivity contribution in [2.24, 2.45) is 10.9 Å². The normalized spacial score (nSPS) is 15.6. The van der Waals surface area contributed by atoms with Crippen LogP contribution in [0.25, 0.3) is 0 Å². The Bertz CT molecular complexity index is 536. The fourth-order valence-electron chi connectivity index (χ4n) is 2.72. The number of nitrogens with one attached hydrogen (secondary N) is 2. The highest BCUT2D eigenvalue weighted by atomic mass is 127. The number of benzene rings is 1. The molecule has 6 heteroatoms. The van der Waals surface area contributed by atoms with E-state index in [0.29, 0.717) is 12.1 Å². The van der Waals surface area contributed by atoms with Crippen LogP contribution >= 0.6 is 24.0 Å². The van der Waals surface area contributed by atoms with E-state index in [4.69, 9.17) is 4.99 Å². The fourth-order valence-corrected chi connectivity index (χ4v) is 2.72. The molecule has 1 aromatic carbocycles. The number of likely N-dealkylation sites (tertiary alicyclic amines) is 1. The molecule has 0 atom stereocenters. The standard InChI is InChI=1S/C18H28N4O.HI/c1-4-20-18(22-11-9-14(2)10-12-22)21-13-15-5-7-16(8-6-15)17(23)19-3;/h5-8,14H,4,9-13H2,1-3H3,(H,19,23)(H,20,21);1H. The first-order valence-corrected chi connectivity index (χ1v) is 8.48. The number of guanidine groups is 1. The molecule has 0 spiro atoms. The number of hydrogen-bond acceptors (Lipinski definition) is 2. The summed E-state index contributed by atoms with van der Waals surface area (Å²) in [6.45, 7) is 8.06. The molecule has 1 aromatic rings. The molecule has 0 bridgehead atoms. The predicted molar refractivity (Wildman–Crippen MR) is 110 cm³/mol. The van der Waals surface area contributed by atoms with Crippen LogP contribution in [0.3, 0.4) is 0 Å². The van der Waals surface area contributed by atoms with Gasteiger partial charge in [0.25, 0.3) is 5.91 Å². The summed E-state index contributed by atoms with van der Waals surface area (Å²) in [4.78, 5) is 18.7. The Morgan fingerprint density at radius 2 is 1.88 bits per heavy atom. The molecule has 1 saturated heterocycles. The minimum atomic E-state index is -0.0594. The molecule has 2 N–H and O–H groups in total. The SMILES string of the molecule is CCNC(=NCc1ccc(C(=O)NC)cc1)N1CCC(C)CC1.I. The summed E-state index contributed by atoms with van der Waals surface area (Å²) < 4.78 is 0. The zero-order valence-corrected chi connectivity index (χ0v) is 17.2. The Morgan fingerprint density at radius 3 is 2.42 bits per heavy atom. The molecular formula is C18H29IN4O. The van der Waals surface area contributed by atoms with Crippen LogP contribution in [0, 0.1) is 5.92 Å². The van der Waals surface area contributed by atoms with Crippen molar-refractivity contribution >= 4 is 35.8 Å². The minimum absolute atomic E-state index is 0. The summed E-state index contributed by atoms with van der Waals surface area (Å²) in [5.41, 5.74) is 1.79. The first-order chi connectivity index (χ1) is 11.1. The van der Waals surface area contributed by atoms with E-state index in [2.05, 4.69) is 29.4 Å². The third kappa shape index (κ3) is 5.96. The van der Waals surface area contributed by atoms with E-state index in [9.17, 15) is 4.79 Å². The van der Waals surface area contributed by atoms with Crippen molar-refractivity contribution in [1.29, 1.82) is 0 Å². The van der Waals surface area contributed by atoms with Gasteiger partial charge >= 0.3 is 0 Å². The van der Waals surface area contributed by atoms with Gasteiger partial charge in [-0.25, -0.2) is 4.99 Å². The third-order valence-corrected chi connectivity index (χ3v) is 4.27. The molecule has 1 fully saturated rings. The zero-order chi connectivity index (χ0) is 16.7. The highest BCUT2D eigenvalue weighted by molar-refractivity contribution is 14.0. The molecule has 0 radical (unpaired) electrons. The van der Waals surface area contributed by atoms with Gasteiger partial charge in [0.05, 0.1) is 6.54 Å². The summed E-state index contributed by atoms with van der Waals surface area (Å²) >= 11 is 0. The van der Waals surface area contributed by atoms with Crippen LogP contribution in [0.15, 0.2) is 29.3 Å². The highest BCUT2D eigenvalue weighted by Gasteiger charge is 2.18. The van der Waals surface area contributed by atoms with E-state index in [1.165, 1.54) is 12.8 Å². The lowest BCUT2D eigenvalue weighted by molar-refractivity contribution is 0.0963. The van der Waals surface area contributed by atoms with E-state index >= 15 is 0 Å². The first-order valence-electron chi connectivity index (χ1n) is 8.48. The van der Waals surface area contributed by atoms with Crippen LogP contribution in [-0.4, -0.2) is 43.4 Å². The minimum Gasteiger partial charge on any atom is -0.357 e. The van der Waals surface area contributed by atoms with Crippen molar-refractivity contribution in [2.45, 2.75) is 33.2 Å². The average Bonchev–Trinajstić information content (AvgIpc) is 2.59. The maximum atomic E-state index is 11.6. The van der Waals surface area contributed by atoms with E-state index in [0.717, 1.165) is 37.1 Å². The lowest BCUT2D eigenvalue weighted by Crippen LogP contribution is -2.45. The molecule has 0 aliphatic carbocycles. The summed E-state index contributed by atoms with van der Waals surface area (Å²) in [6.07, 6.45) is 2.45. The summed E-state index contributed by atoms with van der Waals surface area (Å²) in [5.74, 6) is 1.75. The third-order valence-electron chi connectivity index (χ3n) is 4.27. The molecule has 24 heavy (non-hydrogen) atoms. The Labute approximate surface area is 162 Å². The Balaban J connectivity index is 0.00000288. The van der Waals surface area contributed by atoms with Crippen molar-refractivity contribution in [1.82, 2.24) is 15.5 Å². The van der Waals surface area contributed by atoms with Crippen LogP contribution in [0.2, 0.25) is 0 Å². The average molecular weight is 444 g/mol. The van der Waals surface area contributed by atoms with E-state index < -0.39 is 0 Å². The van der Waals surface area contributed by atoms with Crippen LogP contribution < -0.4 is 10.6 Å². The van der Waals surface area contributed by atoms with Crippen molar-refractivity contribution in [3.8, 4) is 0 Å². The second kappa shape index (κ2) is 10.5. The van der Waals surface area contributed by atoms with Crippen LogP contribution in [0.1, 0.15) is 42.6 Å². The highest BCUT2D eigenvalue weighted by Crippen LogP contribution is 2.16. The number of nitrogens with zero attached hydrogens (tertiary/aromatic N) is 2. The first kappa shape index (κ1) is 20.7. The summed E-state index contributed by atoms with van der Waals surface area (Å²) in [6, 6.07) is 7.63. The van der Waals surface area contributed by atoms with E-state index in [1.54, 1.807) is 7.05 Å². The van der Waals surface area contributed by atoms with Gasteiger partial charge in [0.15, 0.2) is 5.96 Å². The molecule has 0 aromatic heterocycles. The maximum Gasteiger partial charge on any atom is 0.251 e. The number of aliphatic imine (C=N–C) groups is 1. The molecule has 2 rings (SSSR count). The van der Waals surface area contributed by atoms with Crippen molar-refractivity contribution in [3.05, 3.63) is 35.4 Å². The number of piperidine rings is 1. The topological polar surface area (TPSA) is 56.7 Å². The van der Waals surface area contributed by atoms with Crippen LogP contribution in [0.4, 0.5) is 0 Å². The van der Waals surface area contributed by atoms with Gasteiger partial charge in [0.1, 0.15) is 0 Å². The number of halogens is 1. The number of amides is 1. The van der Waals surface area contributed by atoms with E-state index in [1.807, 2.05) is 24.3 Å². The quantitative estimate of drug-likeness (QED) is 0.427. The molecule has 134 valence electrons. The van der Waals surface area contributed by atoms with Crippen molar-refractivity contribution in [2.75, 3.05) is 26.7 Å². The monoisotopic (exact) mass is 444 g/mol. The Hall–Kier alpha value is -1.31. The van der Waals surface area contributed by atoms with E-state index in [-0.39, 0.29) is 29.9 Å². The number of carbonyl (C=O) groups is 1. The Kier molecular flexibility index (Phi) is 9.10. The molecule has 1 heterocycles. The molecule has 1 aliphatic heterocycles. The number of hydrogen-bond donors (Lipinski definition) is 2. The van der Waals surface area contributed by atoms with Crippen LogP contribution in [0.5, 0.6) is 0 Å². The summed E-state index contributed by atoms with van der Waals surface area (Å²) in [7, 11) is 1.64. The van der Waals surface area contributed by atoms with Gasteiger partial charge < -0.3 is 15.5 Å². The second-order valence-electron chi connectivity index (χ2n) is 6.12. The van der Waals surface area contributed by atoms with Crippen molar-refractivity contribution < 1.29 is 4.79 Å². The van der Waals surface area contributed by atoms with Crippen molar-refractivity contribution in [3.63, 3.8) is 0 Å². The fraction of sp³-hybridized carbons (Fsp3) is 0.556. The van der Waals surface area contributed by atoms with Gasteiger partial charge in [-0.05, 0) is 43.4 Å². The lowest BCUT2D eigenvalue weighted by atomic mass is 10.00.